The Labute approximate surface area is 92.3 Å². The van der Waals surface area contributed by atoms with Gasteiger partial charge in [-0.3, -0.25) is 0 Å². The van der Waals surface area contributed by atoms with E-state index in [2.05, 4.69) is 0 Å². The highest BCUT2D eigenvalue weighted by molar-refractivity contribution is 4.84. The van der Waals surface area contributed by atoms with Gasteiger partial charge in [0.05, 0.1) is 13.2 Å². The maximum atomic E-state index is 6.12. The minimum absolute atomic E-state index is 0.164. The first kappa shape index (κ1) is 10.1. The smallest absolute Gasteiger partial charge is 0.168 e. The molecule has 15 heavy (non-hydrogen) atoms. The summed E-state index contributed by atoms with van der Waals surface area (Å²) in [5, 5.41) is 0. The summed E-state index contributed by atoms with van der Waals surface area (Å²) in [4.78, 5) is 0. The van der Waals surface area contributed by atoms with Gasteiger partial charge in [-0.15, -0.1) is 0 Å². The minimum atomic E-state index is -0.164. The molecule has 3 rings (SSSR count). The largest absolute Gasteiger partial charge is 0.350 e. The molecule has 1 aliphatic heterocycles. The van der Waals surface area contributed by atoms with Gasteiger partial charge in [0.1, 0.15) is 0 Å². The predicted octanol–water partition coefficient (Wildman–Crippen LogP) is 3.11. The summed E-state index contributed by atoms with van der Waals surface area (Å²) in [6.07, 6.45) is 10.3. The van der Waals surface area contributed by atoms with Gasteiger partial charge in [-0.05, 0) is 37.5 Å². The Balaban J connectivity index is 1.67. The zero-order valence-corrected chi connectivity index (χ0v) is 9.54. The Morgan fingerprint density at radius 3 is 1.93 bits per heavy atom. The van der Waals surface area contributed by atoms with Crippen molar-refractivity contribution in [2.75, 3.05) is 13.2 Å². The molecule has 1 saturated heterocycles. The first-order valence-electron chi connectivity index (χ1n) is 6.66. The summed E-state index contributed by atoms with van der Waals surface area (Å²) < 4.78 is 12.2. The molecule has 86 valence electrons. The number of fused-ring (bicyclic) bond motifs is 1. The lowest BCUT2D eigenvalue weighted by Gasteiger charge is -2.35. The van der Waals surface area contributed by atoms with Crippen LogP contribution in [0.4, 0.5) is 0 Å². The van der Waals surface area contributed by atoms with Crippen LogP contribution in [-0.2, 0) is 9.47 Å². The van der Waals surface area contributed by atoms with E-state index < -0.39 is 0 Å². The van der Waals surface area contributed by atoms with Crippen molar-refractivity contribution in [1.82, 2.24) is 0 Å². The van der Waals surface area contributed by atoms with E-state index in [9.17, 15) is 0 Å². The second-order valence-corrected chi connectivity index (χ2v) is 5.54. The SMILES string of the molecule is C1CCC2(CC1)OCC1CCCC1CO2. The number of hydrogen-bond acceptors (Lipinski definition) is 2. The fourth-order valence-electron chi connectivity index (χ4n) is 3.49. The van der Waals surface area contributed by atoms with Crippen molar-refractivity contribution in [3.63, 3.8) is 0 Å². The van der Waals surface area contributed by atoms with Crippen LogP contribution in [-0.4, -0.2) is 19.0 Å². The van der Waals surface area contributed by atoms with Crippen LogP contribution in [0.3, 0.4) is 0 Å². The fraction of sp³-hybridized carbons (Fsp3) is 1.00. The van der Waals surface area contributed by atoms with Crippen molar-refractivity contribution >= 4 is 0 Å². The van der Waals surface area contributed by atoms with Crippen molar-refractivity contribution in [2.24, 2.45) is 11.8 Å². The molecular formula is C13H22O2. The summed E-state index contributed by atoms with van der Waals surface area (Å²) in [5.74, 6) is 1.43. The summed E-state index contributed by atoms with van der Waals surface area (Å²) in [5.41, 5.74) is 0. The van der Waals surface area contributed by atoms with Crippen LogP contribution >= 0.6 is 0 Å². The van der Waals surface area contributed by atoms with E-state index in [1.807, 2.05) is 0 Å². The van der Waals surface area contributed by atoms with Crippen LogP contribution < -0.4 is 0 Å². The Bertz CT molecular complexity index is 205. The van der Waals surface area contributed by atoms with Gasteiger partial charge in [0.25, 0.3) is 0 Å². The van der Waals surface area contributed by atoms with E-state index in [0.29, 0.717) is 0 Å². The highest BCUT2D eigenvalue weighted by Crippen LogP contribution is 2.41. The average molecular weight is 210 g/mol. The lowest BCUT2D eigenvalue weighted by molar-refractivity contribution is -0.244. The van der Waals surface area contributed by atoms with Gasteiger partial charge in [0.2, 0.25) is 0 Å². The molecule has 2 saturated carbocycles. The third-order valence-electron chi connectivity index (χ3n) is 4.55. The molecule has 0 aromatic rings. The van der Waals surface area contributed by atoms with Crippen molar-refractivity contribution in [2.45, 2.75) is 57.2 Å². The maximum absolute atomic E-state index is 6.12. The molecule has 3 fully saturated rings. The fourth-order valence-corrected chi connectivity index (χ4v) is 3.49. The van der Waals surface area contributed by atoms with Gasteiger partial charge in [-0.1, -0.05) is 12.8 Å². The molecular weight excluding hydrogens is 188 g/mol. The van der Waals surface area contributed by atoms with Gasteiger partial charge in [-0.2, -0.15) is 0 Å². The van der Waals surface area contributed by atoms with Gasteiger partial charge < -0.3 is 9.47 Å². The molecule has 0 aromatic heterocycles. The van der Waals surface area contributed by atoms with E-state index in [0.717, 1.165) is 37.9 Å². The highest BCUT2D eigenvalue weighted by atomic mass is 16.7. The van der Waals surface area contributed by atoms with Gasteiger partial charge in [-0.25, -0.2) is 0 Å². The second kappa shape index (κ2) is 4.06. The van der Waals surface area contributed by atoms with Crippen LogP contribution in [0.1, 0.15) is 51.4 Å². The van der Waals surface area contributed by atoms with Crippen molar-refractivity contribution in [1.29, 1.82) is 0 Å². The summed E-state index contributed by atoms with van der Waals surface area (Å²) in [6, 6.07) is 0. The summed E-state index contributed by atoms with van der Waals surface area (Å²) in [6.45, 7) is 1.93. The maximum Gasteiger partial charge on any atom is 0.168 e. The first-order chi connectivity index (χ1) is 7.38. The Hall–Kier alpha value is -0.0800. The molecule has 2 nitrogen and oxygen atoms in total. The van der Waals surface area contributed by atoms with Crippen LogP contribution in [0, 0.1) is 11.8 Å². The molecule has 2 heteroatoms. The predicted molar refractivity (Wildman–Crippen MR) is 58.6 cm³/mol. The molecule has 0 aromatic carbocycles. The molecule has 3 aliphatic rings. The third-order valence-corrected chi connectivity index (χ3v) is 4.55. The molecule has 2 atom stereocenters. The number of rotatable bonds is 0. The van der Waals surface area contributed by atoms with Crippen molar-refractivity contribution in [3.8, 4) is 0 Å². The zero-order valence-electron chi connectivity index (χ0n) is 9.54. The Morgan fingerprint density at radius 1 is 0.733 bits per heavy atom. The first-order valence-corrected chi connectivity index (χ1v) is 6.66. The van der Waals surface area contributed by atoms with Gasteiger partial charge in [0.15, 0.2) is 5.79 Å². The van der Waals surface area contributed by atoms with Gasteiger partial charge in [0, 0.05) is 12.8 Å². The van der Waals surface area contributed by atoms with Gasteiger partial charge >= 0.3 is 0 Å². The molecule has 0 bridgehead atoms. The van der Waals surface area contributed by atoms with E-state index in [-0.39, 0.29) is 5.79 Å². The molecule has 0 N–H and O–H groups in total. The van der Waals surface area contributed by atoms with E-state index in [1.165, 1.54) is 38.5 Å². The monoisotopic (exact) mass is 210 g/mol. The topological polar surface area (TPSA) is 18.5 Å². The van der Waals surface area contributed by atoms with Crippen LogP contribution in [0.2, 0.25) is 0 Å². The third kappa shape index (κ3) is 1.94. The summed E-state index contributed by atoms with van der Waals surface area (Å²) >= 11 is 0. The molecule has 1 spiro atoms. The molecule has 0 amide bonds. The molecule has 0 radical (unpaired) electrons. The van der Waals surface area contributed by atoms with E-state index in [1.54, 1.807) is 0 Å². The Kier molecular flexibility index (Phi) is 2.73. The van der Waals surface area contributed by atoms with Crippen molar-refractivity contribution < 1.29 is 9.47 Å². The standard InChI is InChI=1S/C13H22O2/c1-2-7-13(8-3-1)14-9-11-5-4-6-12(11)10-15-13/h11-12H,1-10H2. The lowest BCUT2D eigenvalue weighted by atomic mass is 9.94. The quantitative estimate of drug-likeness (QED) is 0.611. The average Bonchev–Trinajstić information content (AvgIpc) is 2.67. The lowest BCUT2D eigenvalue weighted by Crippen LogP contribution is -2.37. The minimum Gasteiger partial charge on any atom is -0.350 e. The summed E-state index contributed by atoms with van der Waals surface area (Å²) in [7, 11) is 0. The van der Waals surface area contributed by atoms with Crippen LogP contribution in [0.15, 0.2) is 0 Å². The number of hydrogen-bond donors (Lipinski definition) is 0. The highest BCUT2D eigenvalue weighted by Gasteiger charge is 2.40. The van der Waals surface area contributed by atoms with Crippen LogP contribution in [0.25, 0.3) is 0 Å². The molecule has 2 unspecified atom stereocenters. The molecule has 1 heterocycles. The number of ether oxygens (including phenoxy) is 2. The van der Waals surface area contributed by atoms with Crippen LogP contribution in [0.5, 0.6) is 0 Å². The Morgan fingerprint density at radius 2 is 1.33 bits per heavy atom. The second-order valence-electron chi connectivity index (χ2n) is 5.54. The zero-order chi connectivity index (χ0) is 10.1. The van der Waals surface area contributed by atoms with E-state index >= 15 is 0 Å². The van der Waals surface area contributed by atoms with Crippen molar-refractivity contribution in [3.05, 3.63) is 0 Å². The van der Waals surface area contributed by atoms with E-state index in [4.69, 9.17) is 9.47 Å². The normalized spacial score (nSPS) is 40.0. The molecule has 2 aliphatic carbocycles.